The van der Waals surface area contributed by atoms with E-state index in [9.17, 15) is 0 Å². The highest BCUT2D eigenvalue weighted by Gasteiger charge is 2.30. The summed E-state index contributed by atoms with van der Waals surface area (Å²) in [6, 6.07) is 0. The van der Waals surface area contributed by atoms with Crippen molar-refractivity contribution < 1.29 is 9.47 Å². The molecule has 2 nitrogen and oxygen atoms in total. The normalized spacial score (nSPS) is 28.1. The van der Waals surface area contributed by atoms with Gasteiger partial charge in [-0.25, -0.2) is 0 Å². The van der Waals surface area contributed by atoms with E-state index in [1.54, 1.807) is 0 Å². The Kier molecular flexibility index (Phi) is 10.8. The molecule has 0 heterocycles. The molecular formula is C28H46O2. The van der Waals surface area contributed by atoms with E-state index in [4.69, 9.17) is 9.47 Å². The Labute approximate surface area is 186 Å². The fraction of sp³-hybridized carbons (Fsp3) is 0.714. The van der Waals surface area contributed by atoms with Gasteiger partial charge < -0.3 is 9.47 Å². The average Bonchev–Trinajstić information content (AvgIpc) is 2.77. The van der Waals surface area contributed by atoms with E-state index in [1.165, 1.54) is 51.4 Å². The molecule has 0 aliphatic heterocycles. The van der Waals surface area contributed by atoms with Crippen LogP contribution in [0.25, 0.3) is 0 Å². The summed E-state index contributed by atoms with van der Waals surface area (Å²) in [5, 5.41) is 0. The summed E-state index contributed by atoms with van der Waals surface area (Å²) in [5.41, 5.74) is 2.11. The average molecular weight is 415 g/mol. The van der Waals surface area contributed by atoms with E-state index in [0.717, 1.165) is 66.5 Å². The van der Waals surface area contributed by atoms with Crippen LogP contribution in [0, 0.1) is 23.7 Å². The van der Waals surface area contributed by atoms with Crippen LogP contribution in [0.2, 0.25) is 0 Å². The van der Waals surface area contributed by atoms with Gasteiger partial charge in [0.15, 0.2) is 0 Å². The molecule has 0 saturated heterocycles. The van der Waals surface area contributed by atoms with E-state index < -0.39 is 0 Å². The molecule has 0 unspecified atom stereocenters. The molecule has 0 amide bonds. The lowest BCUT2D eigenvalue weighted by atomic mass is 9.69. The van der Waals surface area contributed by atoms with Gasteiger partial charge in [0.25, 0.3) is 0 Å². The predicted octanol–water partition coefficient (Wildman–Crippen LogP) is 8.37. The SMILES string of the molecule is C=C(OCCCC)/C(C)=C(/C)C(=C)OCC1CCC(C2CCC(/C=C/C)CC2)CC1. The van der Waals surface area contributed by atoms with Crippen LogP contribution in [-0.4, -0.2) is 13.2 Å². The maximum atomic E-state index is 6.11. The predicted molar refractivity (Wildman–Crippen MR) is 129 cm³/mol. The van der Waals surface area contributed by atoms with Crippen molar-refractivity contribution in [3.8, 4) is 0 Å². The highest BCUT2D eigenvalue weighted by atomic mass is 16.5. The molecule has 2 aliphatic rings. The Morgan fingerprint density at radius 3 is 1.90 bits per heavy atom. The van der Waals surface area contributed by atoms with Crippen LogP contribution in [0.15, 0.2) is 48.0 Å². The van der Waals surface area contributed by atoms with Crippen molar-refractivity contribution in [2.24, 2.45) is 23.7 Å². The second-order valence-corrected chi connectivity index (χ2v) is 9.59. The Hall–Kier alpha value is -1.44. The molecule has 2 fully saturated rings. The van der Waals surface area contributed by atoms with Crippen molar-refractivity contribution in [2.75, 3.05) is 13.2 Å². The lowest BCUT2D eigenvalue weighted by Crippen LogP contribution is -2.26. The van der Waals surface area contributed by atoms with Gasteiger partial charge in [0.05, 0.1) is 13.2 Å². The third-order valence-corrected chi connectivity index (χ3v) is 7.51. The summed E-state index contributed by atoms with van der Waals surface area (Å²) in [5.74, 6) is 4.95. The molecule has 0 bridgehead atoms. The summed E-state index contributed by atoms with van der Waals surface area (Å²) in [6.45, 7) is 18.2. The molecule has 0 N–H and O–H groups in total. The molecule has 0 atom stereocenters. The van der Waals surface area contributed by atoms with E-state index in [0.29, 0.717) is 5.92 Å². The van der Waals surface area contributed by atoms with Gasteiger partial charge >= 0.3 is 0 Å². The van der Waals surface area contributed by atoms with Crippen LogP contribution < -0.4 is 0 Å². The minimum Gasteiger partial charge on any atom is -0.494 e. The fourth-order valence-corrected chi connectivity index (χ4v) is 5.10. The zero-order valence-electron chi connectivity index (χ0n) is 20.2. The lowest BCUT2D eigenvalue weighted by molar-refractivity contribution is 0.105. The molecule has 30 heavy (non-hydrogen) atoms. The first-order chi connectivity index (χ1) is 14.5. The molecule has 2 rings (SSSR count). The largest absolute Gasteiger partial charge is 0.494 e. The molecule has 2 aliphatic carbocycles. The van der Waals surface area contributed by atoms with Crippen molar-refractivity contribution in [3.05, 3.63) is 48.0 Å². The quantitative estimate of drug-likeness (QED) is 0.146. The molecule has 0 aromatic rings. The number of unbranched alkanes of at least 4 members (excludes halogenated alkanes) is 1. The first-order valence-corrected chi connectivity index (χ1v) is 12.4. The van der Waals surface area contributed by atoms with Crippen LogP contribution in [0.3, 0.4) is 0 Å². The Morgan fingerprint density at radius 2 is 1.37 bits per heavy atom. The van der Waals surface area contributed by atoms with E-state index in [1.807, 2.05) is 6.92 Å². The zero-order valence-corrected chi connectivity index (χ0v) is 20.2. The van der Waals surface area contributed by atoms with Crippen molar-refractivity contribution in [2.45, 2.75) is 91.9 Å². The van der Waals surface area contributed by atoms with Crippen LogP contribution in [0.1, 0.15) is 91.9 Å². The highest BCUT2D eigenvalue weighted by Crippen LogP contribution is 2.41. The second kappa shape index (κ2) is 13.1. The van der Waals surface area contributed by atoms with Gasteiger partial charge in [-0.1, -0.05) is 38.7 Å². The Balaban J connectivity index is 1.70. The fourth-order valence-electron chi connectivity index (χ4n) is 5.10. The van der Waals surface area contributed by atoms with Crippen molar-refractivity contribution in [1.29, 1.82) is 0 Å². The van der Waals surface area contributed by atoms with Crippen LogP contribution >= 0.6 is 0 Å². The van der Waals surface area contributed by atoms with Crippen molar-refractivity contribution >= 4 is 0 Å². The first kappa shape index (κ1) is 24.8. The first-order valence-electron chi connectivity index (χ1n) is 12.4. The molecule has 2 heteroatoms. The van der Waals surface area contributed by atoms with Gasteiger partial charge in [-0.3, -0.25) is 0 Å². The monoisotopic (exact) mass is 414 g/mol. The van der Waals surface area contributed by atoms with Crippen LogP contribution in [0.5, 0.6) is 0 Å². The third kappa shape index (κ3) is 7.67. The summed E-state index contributed by atoms with van der Waals surface area (Å²) in [7, 11) is 0. The summed E-state index contributed by atoms with van der Waals surface area (Å²) < 4.78 is 11.9. The minimum absolute atomic E-state index is 0.675. The molecule has 2 saturated carbocycles. The summed E-state index contributed by atoms with van der Waals surface area (Å²) in [6.07, 6.45) is 17.9. The maximum absolute atomic E-state index is 6.11. The summed E-state index contributed by atoms with van der Waals surface area (Å²) in [4.78, 5) is 0. The van der Waals surface area contributed by atoms with Gasteiger partial charge in [0.2, 0.25) is 0 Å². The lowest BCUT2D eigenvalue weighted by Gasteiger charge is -2.37. The highest BCUT2D eigenvalue weighted by molar-refractivity contribution is 5.35. The third-order valence-electron chi connectivity index (χ3n) is 7.51. The molecule has 0 aromatic carbocycles. The van der Waals surface area contributed by atoms with Crippen molar-refractivity contribution in [3.63, 3.8) is 0 Å². The van der Waals surface area contributed by atoms with Gasteiger partial charge in [-0.05, 0) is 113 Å². The Bertz CT molecular complexity index is 596. The number of hydrogen-bond donors (Lipinski definition) is 0. The van der Waals surface area contributed by atoms with Gasteiger partial charge in [-0.15, -0.1) is 0 Å². The molecule has 0 radical (unpaired) electrons. The molecule has 170 valence electrons. The summed E-state index contributed by atoms with van der Waals surface area (Å²) >= 11 is 0. The second-order valence-electron chi connectivity index (χ2n) is 9.59. The van der Waals surface area contributed by atoms with E-state index in [-0.39, 0.29) is 0 Å². The van der Waals surface area contributed by atoms with Gasteiger partial charge in [0, 0.05) is 0 Å². The van der Waals surface area contributed by atoms with Crippen LogP contribution in [-0.2, 0) is 9.47 Å². The van der Waals surface area contributed by atoms with Crippen LogP contribution in [0.4, 0.5) is 0 Å². The number of rotatable bonds is 11. The van der Waals surface area contributed by atoms with E-state index in [2.05, 4.69) is 46.1 Å². The van der Waals surface area contributed by atoms with E-state index >= 15 is 0 Å². The topological polar surface area (TPSA) is 18.5 Å². The zero-order chi connectivity index (χ0) is 21.9. The van der Waals surface area contributed by atoms with Gasteiger partial charge in [-0.2, -0.15) is 0 Å². The smallest absolute Gasteiger partial charge is 0.115 e. The number of allylic oxidation sites excluding steroid dienone is 4. The molecular weight excluding hydrogens is 368 g/mol. The van der Waals surface area contributed by atoms with Gasteiger partial charge in [0.1, 0.15) is 11.5 Å². The van der Waals surface area contributed by atoms with Crippen molar-refractivity contribution in [1.82, 2.24) is 0 Å². The number of ether oxygens (including phenoxy) is 2. The minimum atomic E-state index is 0.675. The maximum Gasteiger partial charge on any atom is 0.115 e. The standard InChI is InChI=1S/C28H46O2/c1-7-9-19-29-23(5)21(3)22(4)24(6)30-20-26-13-17-28(18-14-26)27-15-11-25(10-8-2)12-16-27/h8,10,25-28H,5-7,9,11-20H2,1-4H3/b10-8+,22-21-. The Morgan fingerprint density at radius 1 is 0.833 bits per heavy atom. The molecule has 0 spiro atoms. The molecule has 0 aromatic heterocycles. The number of hydrogen-bond acceptors (Lipinski definition) is 2.